The molecule has 0 atom stereocenters. The van der Waals surface area contributed by atoms with Crippen molar-refractivity contribution in [2.75, 3.05) is 5.32 Å². The molecule has 0 aliphatic rings. The number of aryl methyl sites for hydroxylation is 1. The Bertz CT molecular complexity index is 1070. The molecule has 0 radical (unpaired) electrons. The van der Waals surface area contributed by atoms with Crippen LogP contribution >= 0.6 is 0 Å². The molecule has 0 saturated carbocycles. The van der Waals surface area contributed by atoms with Gasteiger partial charge in [0.2, 0.25) is 11.7 Å². The molecule has 0 fully saturated rings. The van der Waals surface area contributed by atoms with Crippen molar-refractivity contribution in [1.29, 1.82) is 0 Å². The Balaban J connectivity index is 1.44. The number of amides is 1. The molecule has 134 valence electrons. The molecule has 4 rings (SSSR count). The summed E-state index contributed by atoms with van der Waals surface area (Å²) in [6, 6.07) is 16.7. The Hall–Kier alpha value is -3.95. The maximum atomic E-state index is 12.3. The van der Waals surface area contributed by atoms with Gasteiger partial charge in [-0.3, -0.25) is 4.79 Å². The lowest BCUT2D eigenvalue weighted by atomic mass is 10.2. The van der Waals surface area contributed by atoms with Gasteiger partial charge in [-0.05, 0) is 27.8 Å². The number of rotatable bonds is 5. The minimum atomic E-state index is -0.264. The van der Waals surface area contributed by atoms with E-state index >= 15 is 0 Å². The summed E-state index contributed by atoms with van der Waals surface area (Å²) in [5.41, 5.74) is 2.27. The van der Waals surface area contributed by atoms with Crippen LogP contribution in [0.1, 0.15) is 0 Å². The van der Waals surface area contributed by atoms with E-state index < -0.39 is 0 Å². The van der Waals surface area contributed by atoms with Crippen molar-refractivity contribution < 1.29 is 4.79 Å². The van der Waals surface area contributed by atoms with Gasteiger partial charge in [0.1, 0.15) is 6.54 Å². The third-order valence-corrected chi connectivity index (χ3v) is 3.79. The van der Waals surface area contributed by atoms with Crippen molar-refractivity contribution in [2.45, 2.75) is 6.54 Å². The fraction of sp³-hybridized carbons (Fsp3) is 0.118. The van der Waals surface area contributed by atoms with Crippen molar-refractivity contribution in [1.82, 2.24) is 40.4 Å². The molecule has 1 amide bonds. The molecule has 2 aromatic carbocycles. The van der Waals surface area contributed by atoms with Crippen LogP contribution in [-0.2, 0) is 18.4 Å². The second kappa shape index (κ2) is 7.12. The summed E-state index contributed by atoms with van der Waals surface area (Å²) in [6.45, 7) is -0.0461. The first kappa shape index (κ1) is 16.5. The molecule has 0 unspecified atom stereocenters. The second-order valence-corrected chi connectivity index (χ2v) is 5.76. The predicted octanol–water partition coefficient (Wildman–Crippen LogP) is 1.17. The van der Waals surface area contributed by atoms with Crippen molar-refractivity contribution in [2.24, 2.45) is 7.05 Å². The molecule has 2 heterocycles. The lowest BCUT2D eigenvalue weighted by Gasteiger charge is -2.06. The predicted molar refractivity (Wildman–Crippen MR) is 96.1 cm³/mol. The summed E-state index contributed by atoms with van der Waals surface area (Å²) in [5, 5.41) is 26.4. The van der Waals surface area contributed by atoms with Gasteiger partial charge in [-0.15, -0.1) is 15.3 Å². The van der Waals surface area contributed by atoms with E-state index in [0.717, 1.165) is 11.1 Å². The van der Waals surface area contributed by atoms with Gasteiger partial charge >= 0.3 is 0 Å². The van der Waals surface area contributed by atoms with Gasteiger partial charge in [-0.25, -0.2) is 4.68 Å². The molecule has 1 N–H and O–H groups in total. The van der Waals surface area contributed by atoms with Crippen LogP contribution in [0.15, 0.2) is 54.6 Å². The lowest BCUT2D eigenvalue weighted by Crippen LogP contribution is -2.20. The van der Waals surface area contributed by atoms with Crippen molar-refractivity contribution in [3.8, 4) is 22.8 Å². The molecule has 0 bridgehead atoms. The average molecular weight is 361 g/mol. The Morgan fingerprint density at radius 1 is 1.00 bits per heavy atom. The number of nitrogens with zero attached hydrogens (tertiary/aromatic N) is 8. The number of hydrogen-bond acceptors (Lipinski definition) is 7. The maximum absolute atomic E-state index is 12.3. The topological polar surface area (TPSA) is 116 Å². The minimum Gasteiger partial charge on any atom is -0.324 e. The molecule has 0 aliphatic carbocycles. The lowest BCUT2D eigenvalue weighted by molar-refractivity contribution is -0.117. The van der Waals surface area contributed by atoms with E-state index in [1.54, 1.807) is 23.9 Å². The minimum absolute atomic E-state index is 0.0461. The van der Waals surface area contributed by atoms with Crippen LogP contribution in [0.2, 0.25) is 0 Å². The van der Waals surface area contributed by atoms with Crippen LogP contribution in [-0.4, -0.2) is 46.3 Å². The first-order chi connectivity index (χ1) is 13.2. The van der Waals surface area contributed by atoms with E-state index in [4.69, 9.17) is 0 Å². The summed E-state index contributed by atoms with van der Waals surface area (Å²) in [6.07, 6.45) is 0. The molecule has 10 nitrogen and oxygen atoms in total. The van der Waals surface area contributed by atoms with Gasteiger partial charge < -0.3 is 5.32 Å². The zero-order chi connectivity index (χ0) is 18.6. The third kappa shape index (κ3) is 3.68. The highest BCUT2D eigenvalue weighted by Gasteiger charge is 2.11. The molecule has 0 spiro atoms. The van der Waals surface area contributed by atoms with E-state index in [-0.39, 0.29) is 12.5 Å². The Morgan fingerprint density at radius 2 is 1.81 bits per heavy atom. The first-order valence-corrected chi connectivity index (χ1v) is 8.15. The number of carbonyl (C=O) groups is 1. The Labute approximate surface area is 153 Å². The summed E-state index contributed by atoms with van der Waals surface area (Å²) in [4.78, 5) is 13.6. The summed E-state index contributed by atoms with van der Waals surface area (Å²) in [5.74, 6) is 0.817. The average Bonchev–Trinajstić information content (AvgIpc) is 3.31. The molecule has 0 saturated heterocycles. The third-order valence-electron chi connectivity index (χ3n) is 3.79. The smallest absolute Gasteiger partial charge is 0.248 e. The van der Waals surface area contributed by atoms with Crippen molar-refractivity contribution in [3.63, 3.8) is 0 Å². The number of nitrogens with one attached hydrogen (secondary N) is 1. The highest BCUT2D eigenvalue weighted by atomic mass is 16.2. The maximum Gasteiger partial charge on any atom is 0.248 e. The van der Waals surface area contributed by atoms with Gasteiger partial charge in [0, 0.05) is 23.9 Å². The van der Waals surface area contributed by atoms with Crippen LogP contribution in [0.25, 0.3) is 22.8 Å². The monoisotopic (exact) mass is 361 g/mol. The summed E-state index contributed by atoms with van der Waals surface area (Å²) in [7, 11) is 1.75. The molecule has 2 aromatic heterocycles. The number of carbonyl (C=O) groups excluding carboxylic acids is 1. The quantitative estimate of drug-likeness (QED) is 0.567. The molecule has 27 heavy (non-hydrogen) atoms. The van der Waals surface area contributed by atoms with Crippen LogP contribution in [0.4, 0.5) is 5.69 Å². The Morgan fingerprint density at radius 3 is 2.59 bits per heavy atom. The van der Waals surface area contributed by atoms with Gasteiger partial charge in [0.05, 0.1) is 0 Å². The Kier molecular flexibility index (Phi) is 4.35. The standard InChI is InChI=1S/C17H15N9O/c1-25-17(20-22-24-25)13-8-5-9-14(10-13)18-15(27)11-26-21-16(19-23-26)12-6-3-2-4-7-12/h2-10H,11H2,1H3,(H,18,27). The van der Waals surface area contributed by atoms with Crippen LogP contribution in [0.5, 0.6) is 0 Å². The SMILES string of the molecule is Cn1nnnc1-c1cccc(NC(=O)Cn2nnc(-c3ccccc3)n2)c1. The highest BCUT2D eigenvalue weighted by Crippen LogP contribution is 2.19. The number of aromatic nitrogens is 8. The van der Waals surface area contributed by atoms with E-state index in [1.807, 2.05) is 42.5 Å². The van der Waals surface area contributed by atoms with Gasteiger partial charge in [0.15, 0.2) is 5.82 Å². The number of tetrazole rings is 2. The van der Waals surface area contributed by atoms with Gasteiger partial charge in [0.25, 0.3) is 0 Å². The van der Waals surface area contributed by atoms with E-state index in [2.05, 4.69) is 36.3 Å². The van der Waals surface area contributed by atoms with E-state index in [9.17, 15) is 4.79 Å². The van der Waals surface area contributed by atoms with E-state index in [1.165, 1.54) is 4.80 Å². The van der Waals surface area contributed by atoms with Crippen LogP contribution in [0, 0.1) is 0 Å². The number of benzene rings is 2. The molecule has 10 heteroatoms. The first-order valence-electron chi connectivity index (χ1n) is 8.15. The molecular formula is C17H15N9O. The van der Waals surface area contributed by atoms with E-state index in [0.29, 0.717) is 17.3 Å². The normalized spacial score (nSPS) is 10.7. The van der Waals surface area contributed by atoms with Gasteiger partial charge in [-0.2, -0.15) is 4.80 Å². The number of anilines is 1. The second-order valence-electron chi connectivity index (χ2n) is 5.76. The molecule has 0 aliphatic heterocycles. The molecular weight excluding hydrogens is 346 g/mol. The fourth-order valence-corrected chi connectivity index (χ4v) is 2.55. The fourth-order valence-electron chi connectivity index (χ4n) is 2.55. The largest absolute Gasteiger partial charge is 0.324 e. The van der Waals surface area contributed by atoms with Gasteiger partial charge in [-0.1, -0.05) is 42.5 Å². The zero-order valence-corrected chi connectivity index (χ0v) is 14.4. The summed E-state index contributed by atoms with van der Waals surface area (Å²) < 4.78 is 1.56. The van der Waals surface area contributed by atoms with Crippen molar-refractivity contribution in [3.05, 3.63) is 54.6 Å². The van der Waals surface area contributed by atoms with Crippen LogP contribution in [0.3, 0.4) is 0 Å². The van der Waals surface area contributed by atoms with Crippen molar-refractivity contribution >= 4 is 11.6 Å². The summed E-state index contributed by atoms with van der Waals surface area (Å²) >= 11 is 0. The zero-order valence-electron chi connectivity index (χ0n) is 14.4. The number of hydrogen-bond donors (Lipinski definition) is 1. The highest BCUT2D eigenvalue weighted by molar-refractivity contribution is 5.91. The molecule has 4 aromatic rings. The van der Waals surface area contributed by atoms with Crippen LogP contribution < -0.4 is 5.32 Å².